The zero-order valence-electron chi connectivity index (χ0n) is 10.4. The van der Waals surface area contributed by atoms with E-state index in [9.17, 15) is 9.90 Å². The molecule has 0 fully saturated rings. The Hall–Kier alpha value is -1.39. The molecule has 0 aliphatic carbocycles. The predicted molar refractivity (Wildman–Crippen MR) is 66.8 cm³/mol. The third-order valence-electron chi connectivity index (χ3n) is 2.22. The summed E-state index contributed by atoms with van der Waals surface area (Å²) in [6.45, 7) is 5.51. The summed E-state index contributed by atoms with van der Waals surface area (Å²) in [4.78, 5) is 11.5. The summed E-state index contributed by atoms with van der Waals surface area (Å²) in [5, 5.41) is 12.1. The Balaban J connectivity index is 2.48. The monoisotopic (exact) mass is 237 g/mol. The van der Waals surface area contributed by atoms with Gasteiger partial charge in [-0.2, -0.15) is 0 Å². The first kappa shape index (κ1) is 13.7. The summed E-state index contributed by atoms with van der Waals surface area (Å²) < 4.78 is 5.19. The smallest absolute Gasteiger partial charge is 0.250 e. The van der Waals surface area contributed by atoms with Crippen LogP contribution < -0.4 is 5.32 Å². The van der Waals surface area contributed by atoms with Gasteiger partial charge in [0.2, 0.25) is 5.91 Å². The van der Waals surface area contributed by atoms with E-state index in [1.165, 1.54) is 0 Å². The van der Waals surface area contributed by atoms with Crippen molar-refractivity contribution in [3.63, 3.8) is 0 Å². The Morgan fingerprint density at radius 3 is 2.35 bits per heavy atom. The van der Waals surface area contributed by atoms with E-state index in [0.29, 0.717) is 5.69 Å². The fourth-order valence-corrected chi connectivity index (χ4v) is 1.28. The number of ether oxygens (including phenoxy) is 1. The molecule has 1 aromatic carbocycles. The molecule has 0 aliphatic rings. The minimum atomic E-state index is -0.496. The highest BCUT2D eigenvalue weighted by atomic mass is 16.5. The molecule has 1 aromatic rings. The summed E-state index contributed by atoms with van der Waals surface area (Å²) in [6.07, 6.45) is -0.456. The molecule has 94 valence electrons. The maximum Gasteiger partial charge on any atom is 0.250 e. The number of rotatable bonds is 5. The Morgan fingerprint density at radius 1 is 1.29 bits per heavy atom. The predicted octanol–water partition coefficient (Wildman–Crippen LogP) is 2.10. The van der Waals surface area contributed by atoms with Crippen molar-refractivity contribution in [2.75, 3.05) is 11.9 Å². The first-order chi connectivity index (χ1) is 7.99. The molecule has 0 heterocycles. The van der Waals surface area contributed by atoms with Crippen molar-refractivity contribution in [3.05, 3.63) is 29.8 Å². The Kier molecular flexibility index (Phi) is 5.12. The molecule has 1 unspecified atom stereocenters. The minimum Gasteiger partial charge on any atom is -0.389 e. The molecule has 17 heavy (non-hydrogen) atoms. The van der Waals surface area contributed by atoms with Crippen LogP contribution in [0.3, 0.4) is 0 Å². The van der Waals surface area contributed by atoms with E-state index in [1.807, 2.05) is 13.8 Å². The van der Waals surface area contributed by atoms with E-state index < -0.39 is 6.10 Å². The average molecular weight is 237 g/mol. The van der Waals surface area contributed by atoms with Crippen molar-refractivity contribution >= 4 is 11.6 Å². The van der Waals surface area contributed by atoms with Gasteiger partial charge in [0.1, 0.15) is 6.61 Å². The fraction of sp³-hybridized carbons (Fsp3) is 0.462. The summed E-state index contributed by atoms with van der Waals surface area (Å²) >= 11 is 0. The van der Waals surface area contributed by atoms with E-state index in [0.717, 1.165) is 5.56 Å². The highest BCUT2D eigenvalue weighted by Gasteiger charge is 2.05. The topological polar surface area (TPSA) is 58.6 Å². The third-order valence-corrected chi connectivity index (χ3v) is 2.22. The van der Waals surface area contributed by atoms with Gasteiger partial charge in [0.15, 0.2) is 0 Å². The number of hydrogen-bond acceptors (Lipinski definition) is 3. The van der Waals surface area contributed by atoms with Gasteiger partial charge < -0.3 is 15.2 Å². The molecular formula is C13H19NO3. The van der Waals surface area contributed by atoms with Crippen LogP contribution in [0.4, 0.5) is 5.69 Å². The fourth-order valence-electron chi connectivity index (χ4n) is 1.28. The van der Waals surface area contributed by atoms with Crippen LogP contribution in [-0.4, -0.2) is 23.7 Å². The zero-order valence-corrected chi connectivity index (χ0v) is 10.4. The number of hydrogen-bond donors (Lipinski definition) is 2. The van der Waals surface area contributed by atoms with Crippen LogP contribution in [0.15, 0.2) is 24.3 Å². The van der Waals surface area contributed by atoms with Crippen molar-refractivity contribution in [1.82, 2.24) is 0 Å². The number of aliphatic hydroxyl groups excluding tert-OH is 1. The molecular weight excluding hydrogens is 218 g/mol. The molecule has 1 rings (SSSR count). The van der Waals surface area contributed by atoms with E-state index in [2.05, 4.69) is 5.32 Å². The Labute approximate surface area is 102 Å². The van der Waals surface area contributed by atoms with Gasteiger partial charge in [-0.1, -0.05) is 12.1 Å². The van der Waals surface area contributed by atoms with Crippen molar-refractivity contribution < 1.29 is 14.6 Å². The van der Waals surface area contributed by atoms with Crippen molar-refractivity contribution in [1.29, 1.82) is 0 Å². The molecule has 0 radical (unpaired) electrons. The van der Waals surface area contributed by atoms with Crippen LogP contribution in [-0.2, 0) is 9.53 Å². The van der Waals surface area contributed by atoms with Gasteiger partial charge in [0.05, 0.1) is 12.2 Å². The van der Waals surface area contributed by atoms with Crippen LogP contribution in [0.2, 0.25) is 0 Å². The minimum absolute atomic E-state index is 0.0402. The van der Waals surface area contributed by atoms with Gasteiger partial charge in [-0.05, 0) is 38.5 Å². The zero-order chi connectivity index (χ0) is 12.8. The van der Waals surface area contributed by atoms with Gasteiger partial charge in [-0.15, -0.1) is 0 Å². The number of amides is 1. The lowest BCUT2D eigenvalue weighted by Gasteiger charge is -2.09. The van der Waals surface area contributed by atoms with E-state index in [-0.39, 0.29) is 18.6 Å². The van der Waals surface area contributed by atoms with Gasteiger partial charge in [-0.25, -0.2) is 0 Å². The largest absolute Gasteiger partial charge is 0.389 e. The Bertz CT molecular complexity index is 357. The quantitative estimate of drug-likeness (QED) is 0.824. The molecule has 0 spiro atoms. The lowest BCUT2D eigenvalue weighted by molar-refractivity contribution is -0.121. The van der Waals surface area contributed by atoms with Crippen LogP contribution in [0.1, 0.15) is 32.4 Å². The number of carbonyl (C=O) groups is 1. The van der Waals surface area contributed by atoms with Crippen molar-refractivity contribution in [2.24, 2.45) is 0 Å². The van der Waals surface area contributed by atoms with Crippen molar-refractivity contribution in [3.8, 4) is 0 Å². The lowest BCUT2D eigenvalue weighted by Crippen LogP contribution is -2.20. The second-order valence-electron chi connectivity index (χ2n) is 4.21. The summed E-state index contributed by atoms with van der Waals surface area (Å²) in [6, 6.07) is 7.08. The second-order valence-corrected chi connectivity index (χ2v) is 4.21. The molecule has 0 saturated heterocycles. The summed E-state index contributed by atoms with van der Waals surface area (Å²) in [5.74, 6) is -0.177. The molecule has 0 aliphatic heterocycles. The summed E-state index contributed by atoms with van der Waals surface area (Å²) in [7, 11) is 0. The maximum absolute atomic E-state index is 11.5. The van der Waals surface area contributed by atoms with Gasteiger partial charge >= 0.3 is 0 Å². The van der Waals surface area contributed by atoms with E-state index in [1.54, 1.807) is 31.2 Å². The lowest BCUT2D eigenvalue weighted by atomic mass is 10.1. The van der Waals surface area contributed by atoms with Crippen LogP contribution in [0.25, 0.3) is 0 Å². The highest BCUT2D eigenvalue weighted by Crippen LogP contribution is 2.15. The number of benzene rings is 1. The molecule has 0 saturated carbocycles. The number of carbonyl (C=O) groups excluding carboxylic acids is 1. The second kappa shape index (κ2) is 6.37. The van der Waals surface area contributed by atoms with E-state index >= 15 is 0 Å². The van der Waals surface area contributed by atoms with Crippen molar-refractivity contribution in [2.45, 2.75) is 33.0 Å². The van der Waals surface area contributed by atoms with E-state index in [4.69, 9.17) is 4.74 Å². The molecule has 0 bridgehead atoms. The Morgan fingerprint density at radius 2 is 1.88 bits per heavy atom. The number of aliphatic hydroxyl groups is 1. The average Bonchev–Trinajstić information content (AvgIpc) is 2.27. The normalized spacial score (nSPS) is 12.5. The standard InChI is InChI=1S/C13H19NO3/c1-9(2)17-8-13(16)14-12-6-4-11(5-7-12)10(3)15/h4-7,9-10,15H,8H2,1-3H3,(H,14,16). The maximum atomic E-state index is 11.5. The van der Waals surface area contributed by atoms with Gasteiger partial charge in [0, 0.05) is 5.69 Å². The summed E-state index contributed by atoms with van der Waals surface area (Å²) in [5.41, 5.74) is 1.52. The first-order valence-corrected chi connectivity index (χ1v) is 5.68. The number of anilines is 1. The van der Waals surface area contributed by atoms with Gasteiger partial charge in [-0.3, -0.25) is 4.79 Å². The molecule has 4 nitrogen and oxygen atoms in total. The molecule has 0 aromatic heterocycles. The third kappa shape index (κ3) is 4.97. The van der Waals surface area contributed by atoms with Gasteiger partial charge in [0.25, 0.3) is 0 Å². The molecule has 1 atom stereocenters. The van der Waals surface area contributed by atoms with Crippen LogP contribution in [0.5, 0.6) is 0 Å². The van der Waals surface area contributed by atoms with Crippen LogP contribution >= 0.6 is 0 Å². The SMILES string of the molecule is CC(C)OCC(=O)Nc1ccc(C(C)O)cc1. The molecule has 4 heteroatoms. The first-order valence-electron chi connectivity index (χ1n) is 5.68. The number of nitrogens with one attached hydrogen (secondary N) is 1. The van der Waals surface area contributed by atoms with Crippen LogP contribution in [0, 0.1) is 0 Å². The molecule has 2 N–H and O–H groups in total. The molecule has 1 amide bonds. The highest BCUT2D eigenvalue weighted by molar-refractivity contribution is 5.91.